The summed E-state index contributed by atoms with van der Waals surface area (Å²) < 4.78 is 32.6. The van der Waals surface area contributed by atoms with Crippen LogP contribution >= 0.6 is 0 Å². The molecule has 324 valence electrons. The number of amides is 1. The number of nitrogens with one attached hydrogen (secondary N) is 1. The van der Waals surface area contributed by atoms with E-state index in [-0.39, 0.29) is 12.3 Å². The fourth-order valence-electron chi connectivity index (χ4n) is 6.61. The largest absolute Gasteiger partial charge is 0.387 e. The van der Waals surface area contributed by atoms with Crippen LogP contribution in [0.25, 0.3) is 0 Å². The summed E-state index contributed by atoms with van der Waals surface area (Å²) in [6.07, 6.45) is 60.3. The fourth-order valence-corrected chi connectivity index (χ4v) is 7.34. The number of aliphatic hydroxyl groups excluding tert-OH is 1. The van der Waals surface area contributed by atoms with Crippen LogP contribution in [-0.2, 0) is 14.9 Å². The molecule has 0 spiro atoms. The Kier molecular flexibility index (Phi) is 40.7. The smallest absolute Gasteiger partial charge is 0.267 e. The third kappa shape index (κ3) is 42.9. The Labute approximate surface area is 346 Å². The number of carbonyl (C=O) groups is 1. The normalized spacial score (nSPS) is 13.9. The Bertz CT molecular complexity index is 1150. The highest BCUT2D eigenvalue weighted by molar-refractivity contribution is 7.85. The van der Waals surface area contributed by atoms with E-state index < -0.39 is 28.0 Å². The lowest BCUT2D eigenvalue weighted by Gasteiger charge is -2.21. The van der Waals surface area contributed by atoms with Gasteiger partial charge in [-0.15, -0.1) is 0 Å². The van der Waals surface area contributed by atoms with Crippen molar-refractivity contribution in [1.29, 1.82) is 0 Å². The third-order valence-corrected chi connectivity index (χ3v) is 10.9. The summed E-state index contributed by atoms with van der Waals surface area (Å²) in [5.41, 5.74) is 0. The second-order valence-electron chi connectivity index (χ2n) is 15.7. The second kappa shape index (κ2) is 42.4. The zero-order valence-corrected chi connectivity index (χ0v) is 37.1. The lowest BCUT2D eigenvalue weighted by atomic mass is 10.1. The summed E-state index contributed by atoms with van der Waals surface area (Å²) in [7, 11) is -4.37. The first kappa shape index (κ1) is 53.8. The van der Waals surface area contributed by atoms with Crippen molar-refractivity contribution in [1.82, 2.24) is 5.32 Å². The predicted octanol–water partition coefficient (Wildman–Crippen LogP) is 14.2. The van der Waals surface area contributed by atoms with Crippen molar-refractivity contribution in [2.45, 2.75) is 225 Å². The molecular formula is C49H87NO5S. The van der Waals surface area contributed by atoms with Crippen molar-refractivity contribution in [2.24, 2.45) is 0 Å². The maximum Gasteiger partial charge on any atom is 0.267 e. The van der Waals surface area contributed by atoms with Gasteiger partial charge in [0.05, 0.1) is 17.9 Å². The number of rotatable bonds is 41. The van der Waals surface area contributed by atoms with Crippen molar-refractivity contribution in [3.8, 4) is 0 Å². The fraction of sp³-hybridized carbons (Fsp3) is 0.735. The number of carbonyl (C=O) groups excluding carboxylic acids is 1. The Morgan fingerprint density at radius 3 is 1.25 bits per heavy atom. The van der Waals surface area contributed by atoms with Gasteiger partial charge in [0, 0.05) is 6.42 Å². The summed E-state index contributed by atoms with van der Waals surface area (Å²) in [5.74, 6) is -1.02. The van der Waals surface area contributed by atoms with Crippen LogP contribution in [-0.4, -0.2) is 41.9 Å². The van der Waals surface area contributed by atoms with Gasteiger partial charge in [0.15, 0.2) is 0 Å². The summed E-state index contributed by atoms with van der Waals surface area (Å²) in [6.45, 7) is 4.52. The molecule has 0 fully saturated rings. The molecule has 0 aromatic rings. The SMILES string of the molecule is CCCCCCC/C=C\C/C=C\C/C=C\CCCCCCCCCCC(=O)NC(CS(=O)(=O)O)C(O)/C=C/CC/C=C/CC/C=C/CCCCCCCCCC. The molecular weight excluding hydrogens is 715 g/mol. The molecule has 0 aromatic heterocycles. The number of allylic oxidation sites excluding steroid dienone is 11. The number of aliphatic hydroxyl groups is 1. The molecule has 56 heavy (non-hydrogen) atoms. The molecule has 2 unspecified atom stereocenters. The molecule has 1 amide bonds. The van der Waals surface area contributed by atoms with Crippen LogP contribution in [0.3, 0.4) is 0 Å². The predicted molar refractivity (Wildman–Crippen MR) is 244 cm³/mol. The van der Waals surface area contributed by atoms with E-state index in [1.807, 2.05) is 0 Å². The number of hydrogen-bond acceptors (Lipinski definition) is 4. The summed E-state index contributed by atoms with van der Waals surface area (Å²) in [4.78, 5) is 12.6. The standard InChI is InChI=1S/C49H87NO5S/c1-3-5-7-9-11-13-15-17-19-21-23-24-25-26-27-29-31-33-35-37-39-41-43-45-49(52)50-47(46-56(53,54)55)48(51)44-42-40-38-36-34-32-30-28-22-20-18-16-14-12-10-8-6-4-2/h15,17,21-23,25-26,28,34,36,42,44,47-48,51H,3-14,16,18-20,24,27,29-33,35,37-41,43,45-46H2,1-2H3,(H,50,52)(H,53,54,55)/b17-15-,23-21-,26-25-,28-22+,36-34+,44-42+. The third-order valence-electron chi connectivity index (χ3n) is 10.1. The molecule has 0 saturated heterocycles. The molecule has 6 nitrogen and oxygen atoms in total. The average molecular weight is 802 g/mol. The van der Waals surface area contributed by atoms with Crippen molar-refractivity contribution >= 4 is 16.0 Å². The molecule has 0 aliphatic carbocycles. The van der Waals surface area contributed by atoms with Crippen molar-refractivity contribution < 1.29 is 22.9 Å². The molecule has 0 saturated carbocycles. The van der Waals surface area contributed by atoms with E-state index >= 15 is 0 Å². The quantitative estimate of drug-likeness (QED) is 0.0324. The van der Waals surface area contributed by atoms with E-state index in [0.717, 1.165) is 57.8 Å². The summed E-state index contributed by atoms with van der Waals surface area (Å²) >= 11 is 0. The average Bonchev–Trinajstić information content (AvgIpc) is 3.16. The highest BCUT2D eigenvalue weighted by Gasteiger charge is 2.24. The van der Waals surface area contributed by atoms with Crippen LogP contribution in [0.2, 0.25) is 0 Å². The summed E-state index contributed by atoms with van der Waals surface area (Å²) in [5, 5.41) is 13.2. The molecule has 0 bridgehead atoms. The van der Waals surface area contributed by atoms with Crippen molar-refractivity contribution in [3.05, 3.63) is 72.9 Å². The van der Waals surface area contributed by atoms with Gasteiger partial charge in [0.2, 0.25) is 5.91 Å². The van der Waals surface area contributed by atoms with Gasteiger partial charge in [-0.2, -0.15) is 8.42 Å². The van der Waals surface area contributed by atoms with Gasteiger partial charge in [-0.1, -0.05) is 196 Å². The van der Waals surface area contributed by atoms with Gasteiger partial charge >= 0.3 is 0 Å². The van der Waals surface area contributed by atoms with E-state index in [1.165, 1.54) is 128 Å². The molecule has 0 rings (SSSR count). The molecule has 0 aliphatic heterocycles. The van der Waals surface area contributed by atoms with Crippen LogP contribution in [0.4, 0.5) is 0 Å². The van der Waals surface area contributed by atoms with E-state index in [9.17, 15) is 22.9 Å². The van der Waals surface area contributed by atoms with Crippen LogP contribution in [0.1, 0.15) is 213 Å². The molecule has 0 aromatic carbocycles. The first-order valence-corrected chi connectivity index (χ1v) is 24.7. The molecule has 0 aliphatic rings. The van der Waals surface area contributed by atoms with Crippen molar-refractivity contribution in [2.75, 3.05) is 5.75 Å². The van der Waals surface area contributed by atoms with Gasteiger partial charge in [-0.3, -0.25) is 9.35 Å². The Balaban J connectivity index is 3.96. The van der Waals surface area contributed by atoms with Crippen LogP contribution in [0, 0.1) is 0 Å². The number of unbranched alkanes of at least 4 members (excludes halogenated alkanes) is 23. The number of hydrogen-bond donors (Lipinski definition) is 3. The first-order chi connectivity index (χ1) is 27.3. The zero-order chi connectivity index (χ0) is 41.1. The zero-order valence-electron chi connectivity index (χ0n) is 36.2. The van der Waals surface area contributed by atoms with E-state index in [4.69, 9.17) is 0 Å². The van der Waals surface area contributed by atoms with Gasteiger partial charge in [0.1, 0.15) is 0 Å². The highest BCUT2D eigenvalue weighted by atomic mass is 32.2. The molecule has 0 heterocycles. The minimum absolute atomic E-state index is 0.273. The Morgan fingerprint density at radius 1 is 0.482 bits per heavy atom. The highest BCUT2D eigenvalue weighted by Crippen LogP contribution is 2.13. The second-order valence-corrected chi connectivity index (χ2v) is 17.2. The van der Waals surface area contributed by atoms with Gasteiger partial charge in [0.25, 0.3) is 10.1 Å². The minimum Gasteiger partial charge on any atom is -0.387 e. The summed E-state index contributed by atoms with van der Waals surface area (Å²) in [6, 6.07) is -1.09. The monoisotopic (exact) mass is 802 g/mol. The molecule has 2 atom stereocenters. The van der Waals surface area contributed by atoms with Gasteiger partial charge < -0.3 is 10.4 Å². The van der Waals surface area contributed by atoms with Gasteiger partial charge in [-0.05, 0) is 83.5 Å². The van der Waals surface area contributed by atoms with E-state index in [0.29, 0.717) is 12.8 Å². The molecule has 3 N–H and O–H groups in total. The van der Waals surface area contributed by atoms with Crippen LogP contribution < -0.4 is 5.32 Å². The lowest BCUT2D eigenvalue weighted by Crippen LogP contribution is -2.46. The van der Waals surface area contributed by atoms with E-state index in [2.05, 4.69) is 79.9 Å². The molecule has 0 radical (unpaired) electrons. The maximum absolute atomic E-state index is 12.6. The Morgan fingerprint density at radius 2 is 0.821 bits per heavy atom. The van der Waals surface area contributed by atoms with E-state index in [1.54, 1.807) is 6.08 Å². The molecule has 7 heteroatoms. The maximum atomic E-state index is 12.6. The van der Waals surface area contributed by atoms with Gasteiger partial charge in [-0.25, -0.2) is 0 Å². The topological polar surface area (TPSA) is 104 Å². The first-order valence-electron chi connectivity index (χ1n) is 23.1. The lowest BCUT2D eigenvalue weighted by molar-refractivity contribution is -0.122. The minimum atomic E-state index is -4.37. The van der Waals surface area contributed by atoms with Crippen LogP contribution in [0.15, 0.2) is 72.9 Å². The Hall–Kier alpha value is -2.22. The van der Waals surface area contributed by atoms with Crippen molar-refractivity contribution in [3.63, 3.8) is 0 Å². The van der Waals surface area contributed by atoms with Crippen LogP contribution in [0.5, 0.6) is 0 Å².